The minimum absolute atomic E-state index is 0. The van der Waals surface area contributed by atoms with Gasteiger partial charge in [0.05, 0.1) is 0 Å². The molecule has 0 aromatic heterocycles. The maximum Gasteiger partial charge on any atom is 4.00 e. The van der Waals surface area contributed by atoms with E-state index in [-0.39, 0.29) is 32.7 Å². The van der Waals surface area contributed by atoms with Crippen molar-refractivity contribution in [2.75, 3.05) is 0 Å². The predicted molar refractivity (Wildman–Crippen MR) is 17.0 cm³/mol. The van der Waals surface area contributed by atoms with Gasteiger partial charge in [0.15, 0.2) is 0 Å². The van der Waals surface area contributed by atoms with Gasteiger partial charge < -0.3 is 17.4 Å². The summed E-state index contributed by atoms with van der Waals surface area (Å²) >= 11 is 0. The predicted octanol–water partition coefficient (Wildman–Crippen LogP) is 0.990. The Morgan fingerprint density at radius 1 is 1.00 bits per heavy atom. The van der Waals surface area contributed by atoms with Crippen LogP contribution in [0, 0.1) is 6.42 Å². The van der Waals surface area contributed by atoms with Gasteiger partial charge in [-0.3, -0.25) is 0 Å². The van der Waals surface area contributed by atoms with Crippen LogP contribution in [0.5, 0.6) is 0 Å². The van der Waals surface area contributed by atoms with Crippen LogP contribution in [-0.2, 0) is 32.7 Å². The van der Waals surface area contributed by atoms with Gasteiger partial charge in [-0.05, 0) is 0 Å². The summed E-state index contributed by atoms with van der Waals surface area (Å²) in [5.41, 5.74) is 0. The molecule has 6 heavy (non-hydrogen) atoms. The monoisotopic (exact) mass is 123 g/mol. The summed E-state index contributed by atoms with van der Waals surface area (Å²) in [7, 11) is 0. The summed E-state index contributed by atoms with van der Waals surface area (Å²) in [5.74, 6) is 0. The third kappa shape index (κ3) is 152. The van der Waals surface area contributed by atoms with Crippen molar-refractivity contribution in [1.82, 2.24) is 0 Å². The fourth-order valence-corrected chi connectivity index (χ4v) is 0. The van der Waals surface area contributed by atoms with Crippen LogP contribution in [0.2, 0.25) is 0 Å². The molecule has 0 aromatic carbocycles. The molecule has 0 aromatic rings. The Labute approximate surface area is 53.4 Å². The summed E-state index contributed by atoms with van der Waals surface area (Å²) in [6.07, 6.45) is 2.00. The zero-order valence-electron chi connectivity index (χ0n) is 3.89. The standard InChI is InChI=1S/C3H7.2O.Ti/c1-3-2;;;/h3H,1-2H3;;;/q-1;2*-2;+4. The molecule has 2 nitrogen and oxygen atoms in total. The molecule has 0 heterocycles. The first-order valence-electron chi connectivity index (χ1n) is 1.15. The number of hydrogen-bond donors (Lipinski definition) is 0. The molecule has 0 atom stereocenters. The normalized spacial score (nSPS) is 3.00. The van der Waals surface area contributed by atoms with Crippen LogP contribution >= 0.6 is 0 Å². The molecule has 0 aliphatic carbocycles. The largest absolute Gasteiger partial charge is 4.00 e. The second-order valence-corrected chi connectivity index (χ2v) is 0.577. The molecule has 36 valence electrons. The fraction of sp³-hybridized carbons (Fsp3) is 0.667. The topological polar surface area (TPSA) is 57.0 Å². The van der Waals surface area contributed by atoms with Crippen LogP contribution in [0.1, 0.15) is 13.8 Å². The van der Waals surface area contributed by atoms with E-state index >= 15 is 0 Å². The molecule has 0 radical (unpaired) electrons. The van der Waals surface area contributed by atoms with Gasteiger partial charge in [0, 0.05) is 0 Å². The molecule has 0 N–H and O–H groups in total. The molecule has 0 fully saturated rings. The Kier molecular flexibility index (Phi) is 229. The molecule has 0 aliphatic rings. The minimum atomic E-state index is 0. The molecule has 0 saturated carbocycles. The van der Waals surface area contributed by atoms with E-state index in [0.29, 0.717) is 0 Å². The van der Waals surface area contributed by atoms with E-state index in [0.717, 1.165) is 0 Å². The van der Waals surface area contributed by atoms with Gasteiger partial charge in [0.1, 0.15) is 0 Å². The summed E-state index contributed by atoms with van der Waals surface area (Å²) in [6, 6.07) is 0. The van der Waals surface area contributed by atoms with Crippen molar-refractivity contribution in [3.05, 3.63) is 6.42 Å². The molecule has 0 amide bonds. The Morgan fingerprint density at radius 2 is 1.00 bits per heavy atom. The van der Waals surface area contributed by atoms with Crippen LogP contribution in [0.3, 0.4) is 0 Å². The number of hydrogen-bond acceptors (Lipinski definition) is 0. The Morgan fingerprint density at radius 3 is 1.00 bits per heavy atom. The summed E-state index contributed by atoms with van der Waals surface area (Å²) in [6.45, 7) is 4.00. The first kappa shape index (κ1) is 30.3. The molecular weight excluding hydrogens is 116 g/mol. The van der Waals surface area contributed by atoms with Crippen LogP contribution < -0.4 is 0 Å². The fourth-order valence-electron chi connectivity index (χ4n) is 0. The van der Waals surface area contributed by atoms with Gasteiger partial charge >= 0.3 is 21.7 Å². The van der Waals surface area contributed by atoms with Crippen molar-refractivity contribution in [2.24, 2.45) is 0 Å². The van der Waals surface area contributed by atoms with Gasteiger partial charge in [-0.15, -0.1) is 0 Å². The quantitative estimate of drug-likeness (QED) is 0.340. The van der Waals surface area contributed by atoms with Crippen LogP contribution in [0.4, 0.5) is 0 Å². The molecule has 0 unspecified atom stereocenters. The number of rotatable bonds is 0. The molecular formula is C3H7O2Ti-. The van der Waals surface area contributed by atoms with Crippen molar-refractivity contribution >= 4 is 0 Å². The second kappa shape index (κ2) is 45.3. The van der Waals surface area contributed by atoms with Crippen molar-refractivity contribution in [3.8, 4) is 0 Å². The molecule has 3 heteroatoms. The maximum atomic E-state index is 2.00. The van der Waals surface area contributed by atoms with Crippen LogP contribution in [0.15, 0.2) is 0 Å². The molecule has 0 bridgehead atoms. The third-order valence-corrected chi connectivity index (χ3v) is 0. The summed E-state index contributed by atoms with van der Waals surface area (Å²) in [4.78, 5) is 0. The zero-order chi connectivity index (χ0) is 2.71. The summed E-state index contributed by atoms with van der Waals surface area (Å²) in [5, 5.41) is 0. The van der Waals surface area contributed by atoms with E-state index in [9.17, 15) is 0 Å². The van der Waals surface area contributed by atoms with E-state index in [1.807, 2.05) is 20.3 Å². The Bertz CT molecular complexity index is 8.75. The minimum Gasteiger partial charge on any atom is -2.00 e. The van der Waals surface area contributed by atoms with Gasteiger partial charge in [0.25, 0.3) is 0 Å². The van der Waals surface area contributed by atoms with Crippen molar-refractivity contribution < 1.29 is 32.7 Å². The van der Waals surface area contributed by atoms with E-state index in [4.69, 9.17) is 0 Å². The van der Waals surface area contributed by atoms with E-state index < -0.39 is 0 Å². The van der Waals surface area contributed by atoms with Gasteiger partial charge in [-0.2, -0.15) is 13.8 Å². The van der Waals surface area contributed by atoms with E-state index in [2.05, 4.69) is 0 Å². The summed E-state index contributed by atoms with van der Waals surface area (Å²) < 4.78 is 0. The second-order valence-electron chi connectivity index (χ2n) is 0.577. The first-order valence-corrected chi connectivity index (χ1v) is 1.15. The Hall–Kier alpha value is 0.634. The van der Waals surface area contributed by atoms with Crippen molar-refractivity contribution in [3.63, 3.8) is 0 Å². The molecule has 0 rings (SSSR count). The average Bonchev–Trinajstić information content (AvgIpc) is 0.918. The zero-order valence-corrected chi connectivity index (χ0v) is 5.46. The molecule has 0 spiro atoms. The average molecular weight is 123 g/mol. The van der Waals surface area contributed by atoms with Gasteiger partial charge in [-0.1, -0.05) is 0 Å². The first-order chi connectivity index (χ1) is 1.41. The SMILES string of the molecule is C[CH-]C.[O-2].[O-2].[Ti+4]. The van der Waals surface area contributed by atoms with E-state index in [1.165, 1.54) is 0 Å². The smallest absolute Gasteiger partial charge is 2.00 e. The Balaban J connectivity index is -0.00000000667. The van der Waals surface area contributed by atoms with Crippen LogP contribution in [0.25, 0.3) is 0 Å². The van der Waals surface area contributed by atoms with Crippen molar-refractivity contribution in [2.45, 2.75) is 13.8 Å². The van der Waals surface area contributed by atoms with Crippen LogP contribution in [-0.4, -0.2) is 0 Å². The van der Waals surface area contributed by atoms with Gasteiger partial charge in [0.2, 0.25) is 0 Å². The maximum absolute atomic E-state index is 2.00. The third-order valence-electron chi connectivity index (χ3n) is 0. The molecule has 0 saturated heterocycles. The van der Waals surface area contributed by atoms with Crippen molar-refractivity contribution in [1.29, 1.82) is 0 Å². The van der Waals surface area contributed by atoms with Gasteiger partial charge in [-0.25, -0.2) is 0 Å². The molecule has 0 aliphatic heterocycles. The van der Waals surface area contributed by atoms with E-state index in [1.54, 1.807) is 0 Å².